The first-order valence-corrected chi connectivity index (χ1v) is 4.28. The first kappa shape index (κ1) is 9.92. The summed E-state index contributed by atoms with van der Waals surface area (Å²) >= 11 is 0. The summed E-state index contributed by atoms with van der Waals surface area (Å²) in [6, 6.07) is 0. The Labute approximate surface area is 72.1 Å². The summed E-state index contributed by atoms with van der Waals surface area (Å²) in [6.45, 7) is 4.14. The van der Waals surface area contributed by atoms with Gasteiger partial charge in [-0.25, -0.2) is 0 Å². The van der Waals surface area contributed by atoms with Gasteiger partial charge in [0.2, 0.25) is 0 Å². The first-order chi connectivity index (χ1) is 5.65. The van der Waals surface area contributed by atoms with Crippen molar-refractivity contribution in [3.8, 4) is 0 Å². The van der Waals surface area contributed by atoms with Gasteiger partial charge in [-0.05, 0) is 13.8 Å². The Morgan fingerprint density at radius 2 is 2.17 bits per heavy atom. The highest BCUT2D eigenvalue weighted by molar-refractivity contribution is 4.79. The molecule has 0 saturated carbocycles. The van der Waals surface area contributed by atoms with Crippen LogP contribution in [0.5, 0.6) is 0 Å². The molecule has 0 radical (unpaired) electrons. The Morgan fingerprint density at radius 3 is 2.67 bits per heavy atom. The number of hydrogen-bond acceptors (Lipinski definition) is 4. The molecule has 0 aromatic heterocycles. The minimum absolute atomic E-state index is 0.347. The fourth-order valence-electron chi connectivity index (χ4n) is 1.32. The molecule has 4 atom stereocenters. The maximum Gasteiger partial charge on any atom is 0.160 e. The van der Waals surface area contributed by atoms with Gasteiger partial charge in [-0.15, -0.1) is 0 Å². The lowest BCUT2D eigenvalue weighted by Crippen LogP contribution is -2.47. The summed E-state index contributed by atoms with van der Waals surface area (Å²) in [5, 5.41) is 18.6. The van der Waals surface area contributed by atoms with Crippen LogP contribution < -0.4 is 0 Å². The van der Waals surface area contributed by atoms with Crippen LogP contribution in [0.4, 0.5) is 0 Å². The topological polar surface area (TPSA) is 58.9 Å². The van der Waals surface area contributed by atoms with Crippen LogP contribution in [0, 0.1) is 0 Å². The minimum Gasteiger partial charge on any atom is -0.390 e. The van der Waals surface area contributed by atoms with Crippen molar-refractivity contribution in [1.29, 1.82) is 0 Å². The third-order valence-corrected chi connectivity index (χ3v) is 2.03. The van der Waals surface area contributed by atoms with Crippen molar-refractivity contribution < 1.29 is 19.7 Å². The molecular weight excluding hydrogens is 160 g/mol. The van der Waals surface area contributed by atoms with Gasteiger partial charge in [0.05, 0.1) is 12.2 Å². The van der Waals surface area contributed by atoms with E-state index in [2.05, 4.69) is 0 Å². The van der Waals surface area contributed by atoms with Gasteiger partial charge in [-0.2, -0.15) is 0 Å². The summed E-state index contributed by atoms with van der Waals surface area (Å²) < 4.78 is 10.5. The van der Waals surface area contributed by atoms with Crippen molar-refractivity contribution in [2.45, 2.75) is 44.9 Å². The van der Waals surface area contributed by atoms with E-state index in [0.717, 1.165) is 0 Å². The van der Waals surface area contributed by atoms with Gasteiger partial charge in [-0.3, -0.25) is 0 Å². The van der Waals surface area contributed by atoms with Crippen LogP contribution >= 0.6 is 0 Å². The van der Waals surface area contributed by atoms with Crippen molar-refractivity contribution >= 4 is 0 Å². The number of hydrogen-bond donors (Lipinski definition) is 2. The van der Waals surface area contributed by atoms with Gasteiger partial charge in [0, 0.05) is 13.0 Å². The molecule has 72 valence electrons. The molecule has 0 aromatic carbocycles. The lowest BCUT2D eigenvalue weighted by molar-refractivity contribution is -0.244. The molecular formula is C8H16O4. The minimum atomic E-state index is -0.790. The third-order valence-electron chi connectivity index (χ3n) is 2.03. The summed E-state index contributed by atoms with van der Waals surface area (Å²) in [4.78, 5) is 0. The molecule has 1 saturated heterocycles. The van der Waals surface area contributed by atoms with Crippen molar-refractivity contribution in [2.24, 2.45) is 0 Å². The second-order valence-electron chi connectivity index (χ2n) is 3.02. The SMILES string of the molecule is CCO[C@H]1C[C@H](O)[C@@H](O)[C@H](C)O1. The monoisotopic (exact) mass is 176 g/mol. The molecule has 0 aromatic rings. The molecule has 0 amide bonds. The molecule has 1 fully saturated rings. The van der Waals surface area contributed by atoms with Crippen molar-refractivity contribution in [2.75, 3.05) is 6.61 Å². The molecule has 0 unspecified atom stereocenters. The van der Waals surface area contributed by atoms with E-state index >= 15 is 0 Å². The Bertz CT molecular complexity index is 127. The smallest absolute Gasteiger partial charge is 0.160 e. The molecule has 4 heteroatoms. The Hall–Kier alpha value is -0.160. The van der Waals surface area contributed by atoms with Crippen molar-refractivity contribution in [1.82, 2.24) is 0 Å². The van der Waals surface area contributed by atoms with E-state index in [1.165, 1.54) is 0 Å². The number of rotatable bonds is 2. The van der Waals surface area contributed by atoms with E-state index in [9.17, 15) is 10.2 Å². The summed E-state index contributed by atoms with van der Waals surface area (Å²) in [5.74, 6) is 0. The van der Waals surface area contributed by atoms with Gasteiger partial charge in [0.25, 0.3) is 0 Å². The van der Waals surface area contributed by atoms with Gasteiger partial charge in [-0.1, -0.05) is 0 Å². The van der Waals surface area contributed by atoms with E-state index in [0.29, 0.717) is 13.0 Å². The van der Waals surface area contributed by atoms with E-state index < -0.39 is 12.2 Å². The Kier molecular flexibility index (Phi) is 3.46. The third kappa shape index (κ3) is 2.17. The standard InChI is InChI=1S/C8H16O4/c1-3-11-7-4-6(9)8(10)5(2)12-7/h5-10H,3-4H2,1-2H3/t5-,6-,7+,8-/m0/s1. The lowest BCUT2D eigenvalue weighted by atomic mass is 10.0. The van der Waals surface area contributed by atoms with Crippen LogP contribution in [0.1, 0.15) is 20.3 Å². The fraction of sp³-hybridized carbons (Fsp3) is 1.00. The normalized spacial score (nSPS) is 43.0. The summed E-state index contributed by atoms with van der Waals surface area (Å²) in [7, 11) is 0. The maximum atomic E-state index is 9.34. The van der Waals surface area contributed by atoms with Gasteiger partial charge >= 0.3 is 0 Å². The molecule has 1 aliphatic heterocycles. The average Bonchev–Trinajstić information content (AvgIpc) is 2.01. The lowest BCUT2D eigenvalue weighted by Gasteiger charge is -2.34. The first-order valence-electron chi connectivity index (χ1n) is 4.28. The second kappa shape index (κ2) is 4.18. The zero-order chi connectivity index (χ0) is 9.14. The van der Waals surface area contributed by atoms with E-state index in [4.69, 9.17) is 9.47 Å². The fourth-order valence-corrected chi connectivity index (χ4v) is 1.32. The zero-order valence-corrected chi connectivity index (χ0v) is 7.43. The second-order valence-corrected chi connectivity index (χ2v) is 3.02. The number of aliphatic hydroxyl groups excluding tert-OH is 2. The van der Waals surface area contributed by atoms with Crippen molar-refractivity contribution in [3.63, 3.8) is 0 Å². The van der Waals surface area contributed by atoms with E-state index in [1.807, 2.05) is 6.92 Å². The van der Waals surface area contributed by atoms with Crippen molar-refractivity contribution in [3.05, 3.63) is 0 Å². The maximum absolute atomic E-state index is 9.34. The highest BCUT2D eigenvalue weighted by Gasteiger charge is 2.34. The molecule has 0 bridgehead atoms. The van der Waals surface area contributed by atoms with Crippen LogP contribution in [0.3, 0.4) is 0 Å². The van der Waals surface area contributed by atoms with Crippen LogP contribution in [0.25, 0.3) is 0 Å². The summed E-state index contributed by atoms with van der Waals surface area (Å²) in [6.07, 6.45) is -1.90. The van der Waals surface area contributed by atoms with Gasteiger partial charge in [0.1, 0.15) is 6.10 Å². The highest BCUT2D eigenvalue weighted by Crippen LogP contribution is 2.20. The van der Waals surface area contributed by atoms with E-state index in [-0.39, 0.29) is 12.4 Å². The Morgan fingerprint density at radius 1 is 1.50 bits per heavy atom. The largest absolute Gasteiger partial charge is 0.390 e. The van der Waals surface area contributed by atoms with Crippen LogP contribution in [-0.2, 0) is 9.47 Å². The molecule has 1 aliphatic rings. The average molecular weight is 176 g/mol. The summed E-state index contributed by atoms with van der Waals surface area (Å²) in [5.41, 5.74) is 0. The Balaban J connectivity index is 2.42. The molecule has 0 aliphatic carbocycles. The molecule has 2 N–H and O–H groups in total. The van der Waals surface area contributed by atoms with Crippen LogP contribution in [0.2, 0.25) is 0 Å². The highest BCUT2D eigenvalue weighted by atomic mass is 16.7. The van der Waals surface area contributed by atoms with E-state index in [1.54, 1.807) is 6.92 Å². The quantitative estimate of drug-likeness (QED) is 0.616. The molecule has 1 heterocycles. The van der Waals surface area contributed by atoms with Gasteiger partial charge in [0.15, 0.2) is 6.29 Å². The number of aliphatic hydroxyl groups is 2. The molecule has 0 spiro atoms. The zero-order valence-electron chi connectivity index (χ0n) is 7.43. The molecule has 12 heavy (non-hydrogen) atoms. The van der Waals surface area contributed by atoms with Crippen LogP contribution in [-0.4, -0.2) is 41.4 Å². The number of ether oxygens (including phenoxy) is 2. The van der Waals surface area contributed by atoms with Gasteiger partial charge < -0.3 is 19.7 Å². The molecule has 4 nitrogen and oxygen atoms in total. The predicted octanol–water partition coefficient (Wildman–Crippen LogP) is -0.120. The molecule has 1 rings (SSSR count). The van der Waals surface area contributed by atoms with Crippen LogP contribution in [0.15, 0.2) is 0 Å². The predicted molar refractivity (Wildman–Crippen MR) is 42.6 cm³/mol.